The van der Waals surface area contributed by atoms with Crippen molar-refractivity contribution in [3.05, 3.63) is 71.9 Å². The molecule has 0 amide bonds. The van der Waals surface area contributed by atoms with Crippen LogP contribution in [0.15, 0.2) is 60.8 Å². The molecule has 5 rings (SSSR count). The summed E-state index contributed by atoms with van der Waals surface area (Å²) in [6.07, 6.45) is 2.90. The van der Waals surface area contributed by atoms with E-state index in [-0.39, 0.29) is 23.2 Å². The number of alkyl halides is 2. The molecule has 0 radical (unpaired) electrons. The summed E-state index contributed by atoms with van der Waals surface area (Å²) in [6.45, 7) is 0. The van der Waals surface area contributed by atoms with Gasteiger partial charge >= 0.3 is 0 Å². The van der Waals surface area contributed by atoms with Gasteiger partial charge in [0.05, 0.1) is 34.5 Å². The van der Waals surface area contributed by atoms with Crippen molar-refractivity contribution in [1.29, 1.82) is 5.26 Å². The van der Waals surface area contributed by atoms with Gasteiger partial charge in [0, 0.05) is 6.07 Å². The van der Waals surface area contributed by atoms with E-state index in [4.69, 9.17) is 9.47 Å². The number of rotatable bonds is 8. The number of halogens is 2. The molecule has 1 aliphatic rings. The molecule has 2 N–H and O–H groups in total. The van der Waals surface area contributed by atoms with E-state index in [1.807, 2.05) is 36.4 Å². The second-order valence-electron chi connectivity index (χ2n) is 9.01. The number of hydrogen-bond acceptors (Lipinski definition) is 8. The second-order valence-corrected chi connectivity index (χ2v) is 10.5. The molecule has 2 unspecified atom stereocenters. The number of thiol groups is 1. The molecule has 0 aliphatic heterocycles. The maximum atomic E-state index is 14.4. The van der Waals surface area contributed by atoms with E-state index >= 15 is 0 Å². The molecular weight excluding hydrogens is 531 g/mol. The lowest BCUT2D eigenvalue weighted by molar-refractivity contribution is -0.955. The van der Waals surface area contributed by atoms with Gasteiger partial charge < -0.3 is 9.47 Å². The second kappa shape index (κ2) is 9.97. The van der Waals surface area contributed by atoms with E-state index in [1.54, 1.807) is 12.1 Å². The first-order valence-electron chi connectivity index (χ1n) is 11.6. The Bertz CT molecular complexity index is 1550. The fourth-order valence-electron chi connectivity index (χ4n) is 3.78. The van der Waals surface area contributed by atoms with Gasteiger partial charge in [0.25, 0.3) is 5.66 Å². The third kappa shape index (κ3) is 6.11. The van der Waals surface area contributed by atoms with Crippen molar-refractivity contribution < 1.29 is 27.6 Å². The molecule has 1 heterocycles. The molecule has 0 spiro atoms. The molecule has 1 aromatic heterocycles. The van der Waals surface area contributed by atoms with Gasteiger partial charge in [-0.15, -0.1) is 0 Å². The van der Waals surface area contributed by atoms with Crippen molar-refractivity contribution >= 4 is 38.9 Å². The number of quaternary nitrogens is 1. The minimum atomic E-state index is -3.29. The van der Waals surface area contributed by atoms with Crippen molar-refractivity contribution in [2.24, 2.45) is 0 Å². The Morgan fingerprint density at radius 2 is 1.82 bits per heavy atom. The molecule has 4 aromatic rings. The number of ether oxygens (including phenoxy) is 2. The van der Waals surface area contributed by atoms with Crippen molar-refractivity contribution in [3.63, 3.8) is 0 Å². The highest BCUT2D eigenvalue weighted by Crippen LogP contribution is 2.46. The minimum Gasteiger partial charge on any atom is -0.488 e. The number of hydroxylamine groups is 1. The quantitative estimate of drug-likeness (QED) is 0.0998. The van der Waals surface area contributed by atoms with Crippen LogP contribution in [0.25, 0.3) is 22.2 Å². The number of fused-ring (bicyclic) bond motifs is 1. The Balaban J connectivity index is 1.38. The van der Waals surface area contributed by atoms with Gasteiger partial charge in [0.15, 0.2) is 5.82 Å². The Hall–Kier alpha value is -3.55. The van der Waals surface area contributed by atoms with Crippen LogP contribution in [0.1, 0.15) is 24.0 Å². The Kier molecular flexibility index (Phi) is 6.84. The monoisotopic (exact) mass is 554 g/mol. The zero-order valence-electron chi connectivity index (χ0n) is 20.1. The van der Waals surface area contributed by atoms with E-state index in [0.717, 1.165) is 24.0 Å². The fraction of sp³-hybridized carbons (Fsp3) is 0.192. The van der Waals surface area contributed by atoms with Crippen LogP contribution in [0.5, 0.6) is 17.2 Å². The van der Waals surface area contributed by atoms with E-state index in [1.165, 1.54) is 34.6 Å². The predicted octanol–water partition coefficient (Wildman–Crippen LogP) is 6.43. The summed E-state index contributed by atoms with van der Waals surface area (Å²) in [4.78, 5) is 8.81. The predicted molar refractivity (Wildman–Crippen MR) is 144 cm³/mol. The van der Waals surface area contributed by atoms with Crippen molar-refractivity contribution in [2.45, 2.75) is 24.6 Å². The molecule has 38 heavy (non-hydrogen) atoms. The van der Waals surface area contributed by atoms with Gasteiger partial charge in [-0.3, -0.25) is 4.98 Å². The lowest BCUT2D eigenvalue weighted by Gasteiger charge is -2.19. The van der Waals surface area contributed by atoms with Gasteiger partial charge in [-0.2, -0.15) is 24.7 Å². The number of nitriles is 1. The van der Waals surface area contributed by atoms with Gasteiger partial charge in [-0.25, -0.2) is 4.98 Å². The van der Waals surface area contributed by atoms with Crippen LogP contribution < -0.4 is 14.9 Å². The SMILES string of the molecule is C[N+](O)(S)Nc1cnc2cc(-c3ccc(Oc4cc(C#N)c(OC5CC5)c(C(F)(F)P)c4)cc3)ccc2n1. The van der Waals surface area contributed by atoms with E-state index < -0.39 is 15.4 Å². The largest absolute Gasteiger partial charge is 0.488 e. The molecule has 12 heteroatoms. The first-order valence-corrected chi connectivity index (χ1v) is 12.5. The van der Waals surface area contributed by atoms with Crippen LogP contribution in [0.4, 0.5) is 14.6 Å². The van der Waals surface area contributed by atoms with Crippen LogP contribution in [-0.2, 0) is 5.66 Å². The van der Waals surface area contributed by atoms with E-state index in [9.17, 15) is 19.2 Å². The van der Waals surface area contributed by atoms with Crippen molar-refractivity contribution in [3.8, 4) is 34.4 Å². The molecule has 1 aliphatic carbocycles. The zero-order valence-corrected chi connectivity index (χ0v) is 22.1. The number of nitrogens with one attached hydrogen (secondary N) is 1. The molecule has 0 bridgehead atoms. The lowest BCUT2D eigenvalue weighted by Crippen LogP contribution is -2.35. The molecule has 194 valence electrons. The fourth-order valence-corrected chi connectivity index (χ4v) is 4.10. The maximum Gasteiger partial charge on any atom is 0.287 e. The first kappa shape index (κ1) is 26.1. The third-order valence-corrected chi connectivity index (χ3v) is 6.05. The number of hydrogen-bond donors (Lipinski definition) is 3. The number of nitrogens with zero attached hydrogens (tertiary/aromatic N) is 4. The normalized spacial score (nSPS) is 15.0. The molecule has 8 nitrogen and oxygen atoms in total. The highest BCUT2D eigenvalue weighted by molar-refractivity contribution is 7.74. The molecule has 3 aromatic carbocycles. The number of aromatic nitrogens is 2. The van der Waals surface area contributed by atoms with Gasteiger partial charge in [-0.05, 0) is 58.5 Å². The van der Waals surface area contributed by atoms with Crippen LogP contribution in [0.2, 0.25) is 0 Å². The molecular formula is C26H23F2N5O3PS+. The summed E-state index contributed by atoms with van der Waals surface area (Å²) in [6, 6.07) is 17.2. The summed E-state index contributed by atoms with van der Waals surface area (Å²) in [5, 5.41) is 19.3. The summed E-state index contributed by atoms with van der Waals surface area (Å²) < 4.78 is 39.4. The Morgan fingerprint density at radius 3 is 2.45 bits per heavy atom. The standard InChI is InChI=1S/C26H23F2N5O3PS/c1-33(34,38)32-24-14-30-23-11-16(4-9-22(23)31-24)15-2-5-18(6-3-15)35-20-10-17(13-29)25(36-19-7-8-19)21(12-20)26(27,28)37/h2-6,9-12,14,19,34,38H,7-8,37H2,1H3,(H,31,32)/q+1. The van der Waals surface area contributed by atoms with Crippen LogP contribution in [0.3, 0.4) is 0 Å². The highest BCUT2D eigenvalue weighted by Gasteiger charge is 2.35. The maximum absolute atomic E-state index is 14.4. The average Bonchev–Trinajstić information content (AvgIpc) is 3.67. The van der Waals surface area contributed by atoms with Crippen molar-refractivity contribution in [1.82, 2.24) is 9.97 Å². The Morgan fingerprint density at radius 1 is 1.11 bits per heavy atom. The smallest absolute Gasteiger partial charge is 0.287 e. The molecule has 1 saturated carbocycles. The highest BCUT2D eigenvalue weighted by atomic mass is 32.1. The number of anilines is 1. The molecule has 1 fully saturated rings. The Labute approximate surface area is 225 Å². The van der Waals surface area contributed by atoms with Gasteiger partial charge in [-0.1, -0.05) is 27.4 Å². The van der Waals surface area contributed by atoms with Crippen molar-refractivity contribution in [2.75, 3.05) is 12.5 Å². The third-order valence-electron chi connectivity index (χ3n) is 5.64. The minimum absolute atomic E-state index is 0.00398. The zero-order chi connectivity index (χ0) is 27.1. The van der Waals surface area contributed by atoms with Gasteiger partial charge in [0.2, 0.25) is 0 Å². The summed E-state index contributed by atoms with van der Waals surface area (Å²) in [5.41, 5.74) is 2.02. The van der Waals surface area contributed by atoms with Crippen LogP contribution in [0, 0.1) is 11.3 Å². The first-order chi connectivity index (χ1) is 18.0. The summed E-state index contributed by atoms with van der Waals surface area (Å²) in [5.74, 6) is 0.787. The van der Waals surface area contributed by atoms with Crippen LogP contribution >= 0.6 is 22.1 Å². The topological polar surface area (TPSA) is 100 Å². The van der Waals surface area contributed by atoms with Crippen LogP contribution in [-0.4, -0.2) is 32.5 Å². The summed E-state index contributed by atoms with van der Waals surface area (Å²) in [7, 11) is 2.91. The molecule has 0 saturated heterocycles. The average molecular weight is 555 g/mol. The van der Waals surface area contributed by atoms with E-state index in [2.05, 4.69) is 28.2 Å². The lowest BCUT2D eigenvalue weighted by atomic mass is 10.0. The van der Waals surface area contributed by atoms with E-state index in [0.29, 0.717) is 22.6 Å². The van der Waals surface area contributed by atoms with Gasteiger partial charge in [0.1, 0.15) is 43.2 Å². The molecule has 2 atom stereocenters. The summed E-state index contributed by atoms with van der Waals surface area (Å²) >= 11 is 3.96. The number of benzene rings is 3.